The third-order valence-corrected chi connectivity index (χ3v) is 4.02. The third kappa shape index (κ3) is 3.42. The zero-order chi connectivity index (χ0) is 13.8. The smallest absolute Gasteiger partial charge is 0.256 e. The van der Waals surface area contributed by atoms with Gasteiger partial charge < -0.3 is 10.5 Å². The van der Waals surface area contributed by atoms with Crippen molar-refractivity contribution in [3.05, 3.63) is 50.6 Å². The minimum atomic E-state index is -0.169. The molecule has 0 radical (unpaired) electrons. The van der Waals surface area contributed by atoms with Crippen LogP contribution in [0.25, 0.3) is 0 Å². The Morgan fingerprint density at radius 3 is 2.79 bits per heavy atom. The first-order chi connectivity index (χ1) is 9.10. The van der Waals surface area contributed by atoms with E-state index in [9.17, 15) is 4.79 Å². The van der Waals surface area contributed by atoms with E-state index in [2.05, 4.69) is 26.4 Å². The lowest BCUT2D eigenvalue weighted by Gasteiger charge is -2.05. The average Bonchev–Trinajstić information content (AvgIpc) is 2.85. The van der Waals surface area contributed by atoms with Crippen molar-refractivity contribution in [1.82, 2.24) is 0 Å². The maximum Gasteiger partial charge on any atom is 0.256 e. The molecule has 1 aromatic heterocycles. The largest absolute Gasteiger partial charge is 0.411 e. The van der Waals surface area contributed by atoms with Gasteiger partial charge in [-0.1, -0.05) is 17.3 Å². The molecule has 6 heteroatoms. The van der Waals surface area contributed by atoms with Gasteiger partial charge in [0.15, 0.2) is 0 Å². The molecule has 2 rings (SSSR count). The quantitative estimate of drug-likeness (QED) is 0.505. The number of nitrogens with zero attached hydrogens (tertiary/aromatic N) is 1. The van der Waals surface area contributed by atoms with E-state index in [4.69, 9.17) is 5.21 Å². The minimum Gasteiger partial charge on any atom is -0.411 e. The molecule has 4 nitrogen and oxygen atoms in total. The third-order valence-electron chi connectivity index (χ3n) is 2.52. The van der Waals surface area contributed by atoms with Crippen molar-refractivity contribution < 1.29 is 10.0 Å². The molecule has 0 fully saturated rings. The molecule has 98 valence electrons. The van der Waals surface area contributed by atoms with E-state index in [0.717, 1.165) is 9.35 Å². The van der Waals surface area contributed by atoms with Gasteiger partial charge in [0.25, 0.3) is 5.91 Å². The molecule has 0 aliphatic carbocycles. The fourth-order valence-electron chi connectivity index (χ4n) is 1.51. The van der Waals surface area contributed by atoms with E-state index in [-0.39, 0.29) is 5.91 Å². The first kappa shape index (κ1) is 13.8. The lowest BCUT2D eigenvalue weighted by molar-refractivity contribution is 0.102. The molecule has 1 heterocycles. The maximum absolute atomic E-state index is 12.0. The molecule has 0 spiro atoms. The van der Waals surface area contributed by atoms with Gasteiger partial charge in [0.1, 0.15) is 0 Å². The van der Waals surface area contributed by atoms with E-state index in [1.165, 1.54) is 11.3 Å². The van der Waals surface area contributed by atoms with E-state index in [1.54, 1.807) is 36.6 Å². The molecule has 0 unspecified atom stereocenters. The number of nitrogens with one attached hydrogen (secondary N) is 1. The molecule has 0 saturated carbocycles. The van der Waals surface area contributed by atoms with Gasteiger partial charge in [-0.2, -0.15) is 0 Å². The number of rotatable bonds is 3. The number of hydrogen-bond donors (Lipinski definition) is 2. The predicted octanol–water partition coefficient (Wildman–Crippen LogP) is 3.96. The number of hydrogen-bond acceptors (Lipinski definition) is 4. The minimum absolute atomic E-state index is 0.169. The Balaban J connectivity index is 2.17. The normalized spacial score (nSPS) is 11.4. The standard InChI is InChI=1S/C13H11BrN2O2S/c1-8(16-18)9-3-2-4-11(5-9)15-13(17)10-6-12(14)19-7-10/h2-7,18H,1H3,(H,15,17)/b16-8-. The Hall–Kier alpha value is -1.66. The van der Waals surface area contributed by atoms with Crippen molar-refractivity contribution >= 4 is 44.6 Å². The highest BCUT2D eigenvalue weighted by molar-refractivity contribution is 9.11. The number of carbonyl (C=O) groups excluding carboxylic acids is 1. The van der Waals surface area contributed by atoms with Crippen molar-refractivity contribution in [3.8, 4) is 0 Å². The molecule has 0 atom stereocenters. The molecule has 1 aromatic carbocycles. The molecule has 19 heavy (non-hydrogen) atoms. The Morgan fingerprint density at radius 2 is 2.16 bits per heavy atom. The van der Waals surface area contributed by atoms with E-state index in [0.29, 0.717) is 17.0 Å². The van der Waals surface area contributed by atoms with Crippen LogP contribution in [0.2, 0.25) is 0 Å². The number of amides is 1. The molecule has 1 amide bonds. The highest BCUT2D eigenvalue weighted by Crippen LogP contribution is 2.21. The molecule has 0 bridgehead atoms. The van der Waals surface area contributed by atoms with Gasteiger partial charge in [0.2, 0.25) is 0 Å². The summed E-state index contributed by atoms with van der Waals surface area (Å²) in [5, 5.41) is 16.5. The van der Waals surface area contributed by atoms with Gasteiger partial charge in [-0.25, -0.2) is 0 Å². The van der Waals surface area contributed by atoms with Gasteiger partial charge in [-0.15, -0.1) is 11.3 Å². The second-order valence-corrected chi connectivity index (χ2v) is 6.15. The Bertz CT molecular complexity index is 637. The Labute approximate surface area is 122 Å². The number of oxime groups is 1. The average molecular weight is 339 g/mol. The summed E-state index contributed by atoms with van der Waals surface area (Å²) in [6.45, 7) is 1.69. The van der Waals surface area contributed by atoms with Crippen molar-refractivity contribution in [2.75, 3.05) is 5.32 Å². The highest BCUT2D eigenvalue weighted by Gasteiger charge is 2.09. The van der Waals surface area contributed by atoms with Crippen molar-refractivity contribution in [1.29, 1.82) is 0 Å². The maximum atomic E-state index is 12.0. The van der Waals surface area contributed by atoms with Crippen LogP contribution in [0.1, 0.15) is 22.8 Å². The van der Waals surface area contributed by atoms with Gasteiger partial charge in [0.05, 0.1) is 15.1 Å². The van der Waals surface area contributed by atoms with Crippen LogP contribution in [-0.2, 0) is 0 Å². The number of benzene rings is 1. The fraction of sp³-hybridized carbons (Fsp3) is 0.0769. The fourth-order valence-corrected chi connectivity index (χ4v) is 2.65. The second kappa shape index (κ2) is 5.99. The van der Waals surface area contributed by atoms with Crippen LogP contribution in [0, 0.1) is 0 Å². The van der Waals surface area contributed by atoms with E-state index >= 15 is 0 Å². The molecule has 0 aliphatic heterocycles. The Morgan fingerprint density at radius 1 is 1.37 bits per heavy atom. The van der Waals surface area contributed by atoms with Crippen molar-refractivity contribution in [3.63, 3.8) is 0 Å². The molecule has 0 aliphatic rings. The molecular weight excluding hydrogens is 328 g/mol. The van der Waals surface area contributed by atoms with Gasteiger partial charge in [-0.05, 0) is 41.1 Å². The number of anilines is 1. The Kier molecular flexibility index (Phi) is 4.34. The van der Waals surface area contributed by atoms with Gasteiger partial charge in [-0.3, -0.25) is 4.79 Å². The van der Waals surface area contributed by atoms with E-state index in [1.807, 2.05) is 6.07 Å². The van der Waals surface area contributed by atoms with Crippen molar-refractivity contribution in [2.24, 2.45) is 5.16 Å². The number of thiophene rings is 1. The van der Waals surface area contributed by atoms with Crippen LogP contribution in [-0.4, -0.2) is 16.8 Å². The topological polar surface area (TPSA) is 61.7 Å². The summed E-state index contributed by atoms with van der Waals surface area (Å²) >= 11 is 4.78. The summed E-state index contributed by atoms with van der Waals surface area (Å²) in [4.78, 5) is 12.0. The summed E-state index contributed by atoms with van der Waals surface area (Å²) in [5.41, 5.74) is 2.52. The first-order valence-electron chi connectivity index (χ1n) is 5.44. The number of carbonyl (C=O) groups is 1. The zero-order valence-corrected chi connectivity index (χ0v) is 12.5. The van der Waals surface area contributed by atoms with Crippen LogP contribution in [0.15, 0.2) is 44.7 Å². The summed E-state index contributed by atoms with van der Waals surface area (Å²) in [5.74, 6) is -0.169. The van der Waals surface area contributed by atoms with Crippen LogP contribution >= 0.6 is 27.3 Å². The van der Waals surface area contributed by atoms with Gasteiger partial charge >= 0.3 is 0 Å². The van der Waals surface area contributed by atoms with Crippen LogP contribution in [0.4, 0.5) is 5.69 Å². The van der Waals surface area contributed by atoms with Gasteiger partial charge in [0, 0.05) is 16.6 Å². The summed E-state index contributed by atoms with van der Waals surface area (Å²) < 4.78 is 0.912. The van der Waals surface area contributed by atoms with E-state index < -0.39 is 0 Å². The van der Waals surface area contributed by atoms with Crippen molar-refractivity contribution in [2.45, 2.75) is 6.92 Å². The summed E-state index contributed by atoms with van der Waals surface area (Å²) in [6.07, 6.45) is 0. The molecule has 2 N–H and O–H groups in total. The first-order valence-corrected chi connectivity index (χ1v) is 7.12. The second-order valence-electron chi connectivity index (χ2n) is 3.86. The number of halogens is 1. The predicted molar refractivity (Wildman–Crippen MR) is 80.4 cm³/mol. The zero-order valence-electron chi connectivity index (χ0n) is 10.1. The van der Waals surface area contributed by atoms with Crippen LogP contribution in [0.3, 0.4) is 0 Å². The van der Waals surface area contributed by atoms with Crippen LogP contribution < -0.4 is 5.32 Å². The summed E-state index contributed by atoms with van der Waals surface area (Å²) in [7, 11) is 0. The molecular formula is C13H11BrN2O2S. The van der Waals surface area contributed by atoms with Crippen LogP contribution in [0.5, 0.6) is 0 Å². The monoisotopic (exact) mass is 338 g/mol. The summed E-state index contributed by atoms with van der Waals surface area (Å²) in [6, 6.07) is 8.92. The molecule has 2 aromatic rings. The molecule has 0 saturated heterocycles. The lowest BCUT2D eigenvalue weighted by atomic mass is 10.1. The SMILES string of the molecule is C/C(=N/O)c1cccc(NC(=O)c2csc(Br)c2)c1. The lowest BCUT2D eigenvalue weighted by Crippen LogP contribution is -2.11. The highest BCUT2D eigenvalue weighted by atomic mass is 79.9.